The van der Waals surface area contributed by atoms with Gasteiger partial charge in [-0.2, -0.15) is 0 Å². The number of aliphatic hydroxyl groups is 2. The summed E-state index contributed by atoms with van der Waals surface area (Å²) in [6.45, 7) is 18.0. The summed E-state index contributed by atoms with van der Waals surface area (Å²) in [4.78, 5) is 14.6. The number of nitrogens with two attached hydrogens (primary N) is 1. The summed E-state index contributed by atoms with van der Waals surface area (Å²) in [5, 5.41) is 21.1. The van der Waals surface area contributed by atoms with Crippen LogP contribution in [0.25, 0.3) is 0 Å². The Labute approximate surface area is 464 Å². The molecule has 19 heteroatoms. The average molecular weight is 1110 g/mol. The molecule has 440 valence electrons. The first kappa shape index (κ1) is 54.0. The van der Waals surface area contributed by atoms with E-state index in [0.717, 1.165) is 49.7 Å². The second-order valence-electron chi connectivity index (χ2n) is 27.6. The number of hydrogen-bond acceptors (Lipinski definition) is 19. The summed E-state index contributed by atoms with van der Waals surface area (Å²) in [5.41, 5.74) is 7.81. The van der Waals surface area contributed by atoms with Crippen molar-refractivity contribution in [1.29, 1.82) is 0 Å². The van der Waals surface area contributed by atoms with Crippen molar-refractivity contribution in [3.63, 3.8) is 0 Å². The highest BCUT2D eigenvalue weighted by molar-refractivity contribution is 5.70. The second kappa shape index (κ2) is 20.2. The molecule has 79 heavy (non-hydrogen) atoms. The number of carbonyl (C=O) groups is 1. The molecular formula is C60H87NO18. The molecule has 0 saturated carbocycles. The number of fused-ring (bicyclic) bond motifs is 10. The molecule has 0 aromatic carbocycles. The summed E-state index contributed by atoms with van der Waals surface area (Å²) < 4.78 is 104. The molecule has 32 atom stereocenters. The van der Waals surface area contributed by atoms with E-state index in [9.17, 15) is 15.0 Å². The number of aliphatic hydroxyl groups excluding tert-OH is 2. The molecule has 16 heterocycles. The van der Waals surface area contributed by atoms with E-state index in [-0.39, 0.29) is 153 Å². The van der Waals surface area contributed by atoms with Gasteiger partial charge < -0.3 is 87.0 Å². The van der Waals surface area contributed by atoms with Crippen molar-refractivity contribution >= 4 is 5.97 Å². The van der Waals surface area contributed by atoms with Crippen LogP contribution in [-0.4, -0.2) is 193 Å². The van der Waals surface area contributed by atoms with Gasteiger partial charge >= 0.3 is 5.97 Å². The molecule has 0 amide bonds. The van der Waals surface area contributed by atoms with Crippen LogP contribution >= 0.6 is 0 Å². The Kier molecular flexibility index (Phi) is 13.8. The molecule has 0 aromatic rings. The molecule has 19 nitrogen and oxygen atoms in total. The van der Waals surface area contributed by atoms with Gasteiger partial charge in [0.1, 0.15) is 36.6 Å². The van der Waals surface area contributed by atoms with Crippen molar-refractivity contribution in [2.24, 2.45) is 29.4 Å². The van der Waals surface area contributed by atoms with E-state index in [2.05, 4.69) is 40.9 Å². The Bertz CT molecular complexity index is 2350. The zero-order valence-corrected chi connectivity index (χ0v) is 46.6. The third-order valence-electron chi connectivity index (χ3n) is 22.0. The first-order chi connectivity index (χ1) is 38.0. The van der Waals surface area contributed by atoms with Gasteiger partial charge in [-0.15, -0.1) is 0 Å². The van der Waals surface area contributed by atoms with E-state index in [1.54, 1.807) is 0 Å². The smallest absolute Gasteiger partial charge is 0.308 e. The summed E-state index contributed by atoms with van der Waals surface area (Å²) in [5.74, 6) is -2.68. The van der Waals surface area contributed by atoms with Crippen LogP contribution in [0.15, 0.2) is 24.3 Å². The summed E-state index contributed by atoms with van der Waals surface area (Å²) in [6, 6.07) is 0. The third kappa shape index (κ3) is 9.43. The molecule has 0 aromatic heterocycles. The normalized spacial score (nSPS) is 57.2. The fourth-order valence-electron chi connectivity index (χ4n) is 18.2. The van der Waals surface area contributed by atoms with Crippen LogP contribution < -0.4 is 5.73 Å². The van der Waals surface area contributed by atoms with Crippen molar-refractivity contribution in [1.82, 2.24) is 0 Å². The first-order valence-electron chi connectivity index (χ1n) is 30.9. The second-order valence-corrected chi connectivity index (χ2v) is 27.6. The predicted octanol–water partition coefficient (Wildman–Crippen LogP) is 4.89. The zero-order chi connectivity index (χ0) is 54.0. The Morgan fingerprint density at radius 1 is 0.519 bits per heavy atom. The molecule has 0 aliphatic carbocycles. The molecular weight excluding hydrogens is 1020 g/mol. The lowest BCUT2D eigenvalue weighted by atomic mass is 9.79. The van der Waals surface area contributed by atoms with Gasteiger partial charge in [-0.3, -0.25) is 4.79 Å². The molecule has 16 aliphatic rings. The molecule has 4 N–H and O–H groups in total. The predicted molar refractivity (Wildman–Crippen MR) is 276 cm³/mol. The van der Waals surface area contributed by atoms with Crippen molar-refractivity contribution in [2.45, 2.75) is 313 Å². The number of esters is 1. The molecule has 0 radical (unpaired) electrons. The largest absolute Gasteiger partial charge is 0.459 e. The van der Waals surface area contributed by atoms with Crippen LogP contribution in [0, 0.1) is 23.7 Å². The van der Waals surface area contributed by atoms with Crippen molar-refractivity contribution in [3.05, 3.63) is 24.3 Å². The summed E-state index contributed by atoms with van der Waals surface area (Å²) in [6.07, 6.45) is 2.95. The molecule has 1 unspecified atom stereocenters. The SMILES string of the molecule is C=C1C[C@@H]2CC[C@@]34CC5O[C@H]6[C@@H](O3)[C@H]3O[C@H](CC[C@@H]3O[C@H]6[C@H]5O4)CC(=O)O[C@@H]3[C@@H](C)[C@@H]4O[C@@H]5C[C@]6(C[C@@H]7O[C@]8(C[C@H](C)[C@@H]9O[C@H]([C@@H](O)C[C@@H](O)CN)C[C@@H]9O8)C[C@H](C)[C@@H]7O6)O[C@@H]5C[C@@H]4O[C@H]3C[C@H]3O[C@@H](CC[C@@H]1O2)C[C@@H](C)C3=C. The fraction of sp³-hybridized carbons (Fsp3) is 0.917. The van der Waals surface area contributed by atoms with E-state index in [4.69, 9.17) is 76.8 Å². The van der Waals surface area contributed by atoms with E-state index in [1.807, 2.05) is 0 Å². The molecule has 16 rings (SSSR count). The average Bonchev–Trinajstić information content (AvgIpc) is 4.25. The minimum atomic E-state index is -0.914. The minimum absolute atomic E-state index is 0.0157. The van der Waals surface area contributed by atoms with Crippen LogP contribution in [0.2, 0.25) is 0 Å². The lowest BCUT2D eigenvalue weighted by Crippen LogP contribution is -2.62. The van der Waals surface area contributed by atoms with Crippen molar-refractivity contribution in [2.75, 3.05) is 6.54 Å². The van der Waals surface area contributed by atoms with Crippen LogP contribution in [0.4, 0.5) is 0 Å². The first-order valence-corrected chi connectivity index (χ1v) is 30.9. The van der Waals surface area contributed by atoms with Crippen molar-refractivity contribution < 1.29 is 86.1 Å². The third-order valence-corrected chi connectivity index (χ3v) is 22.0. The highest BCUT2D eigenvalue weighted by Crippen LogP contribution is 2.58. The van der Waals surface area contributed by atoms with Gasteiger partial charge in [0, 0.05) is 76.7 Å². The molecule has 16 aliphatic heterocycles. The summed E-state index contributed by atoms with van der Waals surface area (Å²) in [7, 11) is 0. The lowest BCUT2D eigenvalue weighted by Gasteiger charge is -2.50. The van der Waals surface area contributed by atoms with E-state index in [1.165, 1.54) is 0 Å². The lowest BCUT2D eigenvalue weighted by molar-refractivity contribution is -0.347. The highest BCUT2D eigenvalue weighted by Gasteiger charge is 2.70. The number of ether oxygens (including phenoxy) is 15. The highest BCUT2D eigenvalue weighted by atomic mass is 16.8. The number of hydrogen-bond donors (Lipinski definition) is 3. The molecule has 3 spiro atoms. The van der Waals surface area contributed by atoms with Gasteiger partial charge in [0.2, 0.25) is 0 Å². The number of carbonyl (C=O) groups excluding carboxylic acids is 1. The fourth-order valence-corrected chi connectivity index (χ4v) is 18.2. The Hall–Kier alpha value is -1.73. The quantitative estimate of drug-likeness (QED) is 0.252. The Morgan fingerprint density at radius 2 is 1.19 bits per heavy atom. The minimum Gasteiger partial charge on any atom is -0.459 e. The van der Waals surface area contributed by atoms with Gasteiger partial charge in [-0.25, -0.2) is 0 Å². The molecule has 16 fully saturated rings. The van der Waals surface area contributed by atoms with Crippen LogP contribution in [-0.2, 0) is 75.8 Å². The monoisotopic (exact) mass is 1110 g/mol. The Balaban J connectivity index is 0.655. The topological polar surface area (TPSA) is 222 Å². The maximum Gasteiger partial charge on any atom is 0.308 e. The maximum atomic E-state index is 14.6. The molecule has 16 saturated heterocycles. The number of rotatable bonds is 4. The van der Waals surface area contributed by atoms with Crippen LogP contribution in [0.1, 0.15) is 143 Å². The van der Waals surface area contributed by atoms with Gasteiger partial charge in [-0.1, -0.05) is 40.9 Å². The van der Waals surface area contributed by atoms with Gasteiger partial charge in [0.15, 0.2) is 17.4 Å². The summed E-state index contributed by atoms with van der Waals surface area (Å²) >= 11 is 0. The van der Waals surface area contributed by atoms with E-state index < -0.39 is 66.2 Å². The van der Waals surface area contributed by atoms with Crippen molar-refractivity contribution in [3.8, 4) is 0 Å². The van der Waals surface area contributed by atoms with E-state index in [0.29, 0.717) is 64.2 Å². The van der Waals surface area contributed by atoms with Crippen LogP contribution in [0.5, 0.6) is 0 Å². The molecule has 12 bridgehead atoms. The zero-order valence-electron chi connectivity index (χ0n) is 46.6. The van der Waals surface area contributed by atoms with Crippen LogP contribution in [0.3, 0.4) is 0 Å². The maximum absolute atomic E-state index is 14.6. The standard InChI is InChI=1S/C60H87NO18/c1-26-13-33-7-9-37-27(2)14-35(65-37)11-12-58-23-46-54(78-58)55-56(72-46)57(79-58)53-38(69-55)10-8-34(67-53)16-48(64)73-52-31(6)51-43(68-42(52)17-39(66-33)30(26)5)19-41-45(71-51)22-60(74-41)24-47-50(77-60)29(4)21-59(76-47)20-28(3)49-44(75-59)18-40(70-49)36(63)15-32(62)25-61/h26,28-29,31-47,49-57,62-63H,2,5,7-25,61H2,1,3-4,6H3/t26-,28+,29+,31+,32-,33+,34-,35+,36+,37+,38+,39-,40+,41-,42+,43+,44+,45-,46?,47+,49+,50+,51+,52-,53+,54+,55+,56-,57+,58+,59-,60+/m1/s1. The van der Waals surface area contributed by atoms with E-state index >= 15 is 0 Å². The Morgan fingerprint density at radius 3 is 2.04 bits per heavy atom. The van der Waals surface area contributed by atoms with Gasteiger partial charge in [0.05, 0.1) is 122 Å². The van der Waals surface area contributed by atoms with Gasteiger partial charge in [-0.05, 0) is 73.8 Å². The van der Waals surface area contributed by atoms with Gasteiger partial charge in [0.25, 0.3) is 0 Å².